The molecule has 2 amide bonds. The predicted octanol–water partition coefficient (Wildman–Crippen LogP) is 4.00. The molecule has 0 saturated heterocycles. The Hall–Kier alpha value is -2.62. The molecule has 0 aromatic heterocycles. The first-order valence-electron chi connectivity index (χ1n) is 7.67. The van der Waals surface area contributed by atoms with Gasteiger partial charge >= 0.3 is 11.8 Å². The minimum atomic E-state index is -0.669. The van der Waals surface area contributed by atoms with Crippen molar-refractivity contribution in [3.05, 3.63) is 59.2 Å². The van der Waals surface area contributed by atoms with Crippen molar-refractivity contribution in [1.82, 2.24) is 0 Å². The van der Waals surface area contributed by atoms with Crippen LogP contribution in [0.15, 0.2) is 42.5 Å². The molecule has 0 fully saturated rings. The largest absolute Gasteiger partial charge is 0.318 e. The summed E-state index contributed by atoms with van der Waals surface area (Å²) in [7, 11) is 0. The van der Waals surface area contributed by atoms with Crippen molar-refractivity contribution < 1.29 is 9.59 Å². The number of carbonyl (C=O) groups excluding carboxylic acids is 2. The van der Waals surface area contributed by atoms with Gasteiger partial charge in [0.25, 0.3) is 0 Å². The summed E-state index contributed by atoms with van der Waals surface area (Å²) in [6, 6.07) is 13.1. The zero-order chi connectivity index (χ0) is 17.0. The first-order valence-corrected chi connectivity index (χ1v) is 7.67. The van der Waals surface area contributed by atoms with Crippen molar-refractivity contribution in [2.45, 2.75) is 33.6 Å². The van der Waals surface area contributed by atoms with Crippen LogP contribution in [0.3, 0.4) is 0 Å². The van der Waals surface area contributed by atoms with Crippen LogP contribution < -0.4 is 10.6 Å². The van der Waals surface area contributed by atoms with Gasteiger partial charge in [0.2, 0.25) is 0 Å². The van der Waals surface area contributed by atoms with Gasteiger partial charge in [0.1, 0.15) is 0 Å². The third-order valence-corrected chi connectivity index (χ3v) is 3.89. The first-order chi connectivity index (χ1) is 10.9. The van der Waals surface area contributed by atoms with E-state index in [0.717, 1.165) is 16.7 Å². The Morgan fingerprint density at radius 1 is 0.826 bits per heavy atom. The van der Waals surface area contributed by atoms with Crippen LogP contribution in [0.2, 0.25) is 0 Å². The summed E-state index contributed by atoms with van der Waals surface area (Å²) in [6.07, 6.45) is 0. The number of carbonyl (C=O) groups is 2. The highest BCUT2D eigenvalue weighted by Crippen LogP contribution is 2.24. The number of hydrogen-bond donors (Lipinski definition) is 2. The second-order valence-electron chi connectivity index (χ2n) is 5.90. The van der Waals surface area contributed by atoms with Gasteiger partial charge in [-0.2, -0.15) is 0 Å². The molecular formula is C19H22N2O2. The van der Waals surface area contributed by atoms with Crippen LogP contribution >= 0.6 is 0 Å². The Morgan fingerprint density at radius 2 is 1.39 bits per heavy atom. The van der Waals surface area contributed by atoms with E-state index >= 15 is 0 Å². The molecule has 0 aliphatic carbocycles. The Labute approximate surface area is 136 Å². The number of nitrogens with one attached hydrogen (secondary N) is 2. The zero-order valence-electron chi connectivity index (χ0n) is 13.9. The molecule has 0 heterocycles. The minimum absolute atomic E-state index is 0.258. The smallest absolute Gasteiger partial charge is 0.314 e. The number of para-hydroxylation sites is 1. The van der Waals surface area contributed by atoms with Crippen LogP contribution in [0.4, 0.5) is 11.4 Å². The van der Waals surface area contributed by atoms with Crippen molar-refractivity contribution in [3.8, 4) is 0 Å². The van der Waals surface area contributed by atoms with Crippen molar-refractivity contribution in [3.63, 3.8) is 0 Å². The lowest BCUT2D eigenvalue weighted by Gasteiger charge is -2.14. The highest BCUT2D eigenvalue weighted by molar-refractivity contribution is 6.43. The molecule has 2 aromatic carbocycles. The number of aryl methyl sites for hydroxylation is 1. The van der Waals surface area contributed by atoms with E-state index in [-0.39, 0.29) is 5.92 Å². The van der Waals surface area contributed by atoms with Gasteiger partial charge in [-0.15, -0.1) is 0 Å². The van der Waals surface area contributed by atoms with Crippen molar-refractivity contribution in [2.75, 3.05) is 10.6 Å². The van der Waals surface area contributed by atoms with Crippen LogP contribution in [0.1, 0.15) is 36.5 Å². The maximum Gasteiger partial charge on any atom is 0.314 e. The molecule has 0 radical (unpaired) electrons. The lowest BCUT2D eigenvalue weighted by Crippen LogP contribution is -2.29. The second kappa shape index (κ2) is 7.09. The highest BCUT2D eigenvalue weighted by Gasteiger charge is 2.17. The molecule has 2 N–H and O–H groups in total. The predicted molar refractivity (Wildman–Crippen MR) is 93.7 cm³/mol. The molecule has 0 saturated carbocycles. The second-order valence-corrected chi connectivity index (χ2v) is 5.90. The van der Waals surface area contributed by atoms with E-state index in [1.54, 1.807) is 12.1 Å². The molecule has 0 unspecified atom stereocenters. The Morgan fingerprint density at radius 3 is 2.04 bits per heavy atom. The Bertz CT molecular complexity index is 736. The minimum Gasteiger partial charge on any atom is -0.318 e. The zero-order valence-corrected chi connectivity index (χ0v) is 13.9. The van der Waals surface area contributed by atoms with Gasteiger partial charge in [0.05, 0.1) is 0 Å². The van der Waals surface area contributed by atoms with E-state index in [1.807, 2.05) is 58.0 Å². The summed E-state index contributed by atoms with van der Waals surface area (Å²) >= 11 is 0. The van der Waals surface area contributed by atoms with Crippen LogP contribution in [0, 0.1) is 13.8 Å². The molecule has 0 aliphatic rings. The van der Waals surface area contributed by atoms with Gasteiger partial charge in [0.15, 0.2) is 0 Å². The monoisotopic (exact) mass is 310 g/mol. The summed E-state index contributed by atoms with van der Waals surface area (Å²) in [5.41, 5.74) is 4.34. The fraction of sp³-hybridized carbons (Fsp3) is 0.263. The van der Waals surface area contributed by atoms with Crippen LogP contribution in [-0.2, 0) is 9.59 Å². The number of anilines is 2. The molecule has 4 nitrogen and oxygen atoms in total. The Balaban J connectivity index is 2.12. The van der Waals surface area contributed by atoms with Crippen LogP contribution in [0.5, 0.6) is 0 Å². The van der Waals surface area contributed by atoms with Crippen LogP contribution in [0.25, 0.3) is 0 Å². The SMILES string of the molecule is Cc1cccc(NC(=O)C(=O)Nc2ccccc2C(C)C)c1C. The molecule has 4 heteroatoms. The molecule has 2 rings (SSSR count). The van der Waals surface area contributed by atoms with E-state index in [4.69, 9.17) is 0 Å². The number of amides is 2. The highest BCUT2D eigenvalue weighted by atomic mass is 16.2. The quantitative estimate of drug-likeness (QED) is 0.842. The maximum absolute atomic E-state index is 12.2. The van der Waals surface area contributed by atoms with E-state index in [9.17, 15) is 9.59 Å². The van der Waals surface area contributed by atoms with Crippen molar-refractivity contribution in [1.29, 1.82) is 0 Å². The average Bonchev–Trinajstić information content (AvgIpc) is 2.52. The fourth-order valence-electron chi connectivity index (χ4n) is 2.36. The normalized spacial score (nSPS) is 10.5. The summed E-state index contributed by atoms with van der Waals surface area (Å²) in [4.78, 5) is 24.3. The van der Waals surface area contributed by atoms with Crippen molar-refractivity contribution in [2.24, 2.45) is 0 Å². The van der Waals surface area contributed by atoms with Gasteiger partial charge < -0.3 is 10.6 Å². The standard InChI is InChI=1S/C19H22N2O2/c1-12(2)15-9-5-6-10-17(15)21-19(23)18(22)20-16-11-7-8-13(3)14(16)4/h5-12H,1-4H3,(H,20,22)(H,21,23). The third kappa shape index (κ3) is 3.97. The molecule has 0 bridgehead atoms. The number of benzene rings is 2. The first kappa shape index (κ1) is 16.7. The Kier molecular flexibility index (Phi) is 5.16. The molecule has 2 aromatic rings. The summed E-state index contributed by atoms with van der Waals surface area (Å²) in [5, 5.41) is 5.36. The van der Waals surface area contributed by atoms with Gasteiger partial charge in [-0.1, -0.05) is 44.2 Å². The number of rotatable bonds is 3. The summed E-state index contributed by atoms with van der Waals surface area (Å²) in [6.45, 7) is 7.96. The van der Waals surface area contributed by atoms with Gasteiger partial charge in [-0.05, 0) is 48.6 Å². The summed E-state index contributed by atoms with van der Waals surface area (Å²) < 4.78 is 0. The molecular weight excluding hydrogens is 288 g/mol. The molecule has 0 atom stereocenters. The lowest BCUT2D eigenvalue weighted by atomic mass is 10.0. The van der Waals surface area contributed by atoms with E-state index in [2.05, 4.69) is 10.6 Å². The van der Waals surface area contributed by atoms with Crippen LogP contribution in [-0.4, -0.2) is 11.8 Å². The molecule has 120 valence electrons. The van der Waals surface area contributed by atoms with E-state index < -0.39 is 11.8 Å². The lowest BCUT2D eigenvalue weighted by molar-refractivity contribution is -0.133. The molecule has 0 spiro atoms. The van der Waals surface area contributed by atoms with Gasteiger partial charge in [-0.3, -0.25) is 9.59 Å². The summed E-state index contributed by atoms with van der Waals surface area (Å²) in [5.74, 6) is -1.08. The van der Waals surface area contributed by atoms with Gasteiger partial charge in [0, 0.05) is 11.4 Å². The van der Waals surface area contributed by atoms with Gasteiger partial charge in [-0.25, -0.2) is 0 Å². The molecule has 23 heavy (non-hydrogen) atoms. The number of hydrogen-bond acceptors (Lipinski definition) is 2. The molecule has 0 aliphatic heterocycles. The third-order valence-electron chi connectivity index (χ3n) is 3.89. The van der Waals surface area contributed by atoms with Crippen molar-refractivity contribution >= 4 is 23.2 Å². The maximum atomic E-state index is 12.2. The average molecular weight is 310 g/mol. The fourth-order valence-corrected chi connectivity index (χ4v) is 2.36. The van der Waals surface area contributed by atoms with E-state index in [1.165, 1.54) is 0 Å². The topological polar surface area (TPSA) is 58.2 Å². The van der Waals surface area contributed by atoms with E-state index in [0.29, 0.717) is 11.4 Å².